The summed E-state index contributed by atoms with van der Waals surface area (Å²) in [5.41, 5.74) is 6.72. The normalized spacial score (nSPS) is 12.7. The van der Waals surface area contributed by atoms with Crippen LogP contribution in [0.1, 0.15) is 122 Å². The Morgan fingerprint density at radius 1 is 0.415 bits per heavy atom. The van der Waals surface area contributed by atoms with E-state index in [-0.39, 0.29) is 21.7 Å². The highest BCUT2D eigenvalue weighted by Crippen LogP contribution is 2.42. The van der Waals surface area contributed by atoms with Gasteiger partial charge in [0.1, 0.15) is 17.2 Å². The highest BCUT2D eigenvalue weighted by Gasteiger charge is 2.26. The third-order valence-corrected chi connectivity index (χ3v) is 8.21. The topological polar surface area (TPSA) is 60.7 Å². The standard InChI is InChI=1S/C22H30O2S.C15H24O/c1-13-9-15(11-17(19(13)23)21(3,4)5)25-16-10-14(2)20(24)18(12-16)22(6,7)8;1-10-8-11(14(2,3)4)13(16)12(9-10)15(5,6)7/h9-12,23-24H,1-8H3;8-9,16H,1-7H3. The van der Waals surface area contributed by atoms with Crippen molar-refractivity contribution >= 4 is 11.8 Å². The molecular weight excluding hydrogens is 524 g/mol. The molecular formula is C37H54O3S. The van der Waals surface area contributed by atoms with Crippen LogP contribution in [-0.4, -0.2) is 15.3 Å². The van der Waals surface area contributed by atoms with Crippen LogP contribution in [-0.2, 0) is 21.7 Å². The van der Waals surface area contributed by atoms with Crippen molar-refractivity contribution in [2.45, 2.75) is 135 Å². The first kappa shape index (κ1) is 34.6. The van der Waals surface area contributed by atoms with E-state index in [0.717, 1.165) is 43.2 Å². The minimum atomic E-state index is -0.118. The van der Waals surface area contributed by atoms with Gasteiger partial charge in [0, 0.05) is 20.9 Å². The van der Waals surface area contributed by atoms with Gasteiger partial charge < -0.3 is 15.3 Å². The number of aryl methyl sites for hydroxylation is 3. The minimum Gasteiger partial charge on any atom is -0.507 e. The molecule has 3 aromatic rings. The number of hydrogen-bond acceptors (Lipinski definition) is 4. The number of phenolic OH excluding ortho intramolecular Hbond substituents is 3. The molecule has 226 valence electrons. The van der Waals surface area contributed by atoms with Gasteiger partial charge in [-0.2, -0.15) is 0 Å². The summed E-state index contributed by atoms with van der Waals surface area (Å²) >= 11 is 1.67. The second-order valence-electron chi connectivity index (χ2n) is 15.6. The molecule has 41 heavy (non-hydrogen) atoms. The molecule has 0 saturated carbocycles. The maximum atomic E-state index is 10.4. The summed E-state index contributed by atoms with van der Waals surface area (Å²) in [5, 5.41) is 31.2. The van der Waals surface area contributed by atoms with E-state index in [2.05, 4.69) is 114 Å². The Kier molecular flexibility index (Phi) is 10.1. The molecule has 0 aromatic heterocycles. The van der Waals surface area contributed by atoms with Crippen molar-refractivity contribution in [2.24, 2.45) is 0 Å². The Hall–Kier alpha value is -2.59. The van der Waals surface area contributed by atoms with Crippen LogP contribution in [0.4, 0.5) is 0 Å². The largest absolute Gasteiger partial charge is 0.507 e. The van der Waals surface area contributed by atoms with Crippen molar-refractivity contribution < 1.29 is 15.3 Å². The maximum absolute atomic E-state index is 10.4. The molecule has 3 rings (SSSR count). The van der Waals surface area contributed by atoms with Gasteiger partial charge in [-0.05, 0) is 89.0 Å². The zero-order chi connectivity index (χ0) is 31.9. The molecule has 0 heterocycles. The molecule has 4 heteroatoms. The summed E-state index contributed by atoms with van der Waals surface area (Å²) < 4.78 is 0. The zero-order valence-corrected chi connectivity index (χ0v) is 29.0. The van der Waals surface area contributed by atoms with Gasteiger partial charge in [-0.1, -0.05) is 113 Å². The summed E-state index contributed by atoms with van der Waals surface area (Å²) in [5.74, 6) is 1.23. The Balaban J connectivity index is 0.000000317. The molecule has 3 N–H and O–H groups in total. The number of benzene rings is 3. The Bertz CT molecular complexity index is 1290. The molecule has 0 aliphatic carbocycles. The molecule has 0 fully saturated rings. The van der Waals surface area contributed by atoms with Gasteiger partial charge in [-0.15, -0.1) is 0 Å². The summed E-state index contributed by atoms with van der Waals surface area (Å²) in [6.07, 6.45) is 0. The molecule has 0 aliphatic heterocycles. The van der Waals surface area contributed by atoms with Crippen molar-refractivity contribution in [1.29, 1.82) is 0 Å². The molecule has 3 nitrogen and oxygen atoms in total. The fourth-order valence-corrected chi connectivity index (χ4v) is 5.91. The van der Waals surface area contributed by atoms with Crippen LogP contribution in [0.25, 0.3) is 0 Å². The number of hydrogen-bond donors (Lipinski definition) is 3. The Labute approximate surface area is 254 Å². The number of rotatable bonds is 2. The van der Waals surface area contributed by atoms with Crippen LogP contribution < -0.4 is 0 Å². The van der Waals surface area contributed by atoms with Crippen LogP contribution in [0.15, 0.2) is 46.2 Å². The van der Waals surface area contributed by atoms with Crippen molar-refractivity contribution in [1.82, 2.24) is 0 Å². The molecule has 3 aromatic carbocycles. The smallest absolute Gasteiger partial charge is 0.123 e. The Morgan fingerprint density at radius 3 is 0.951 bits per heavy atom. The van der Waals surface area contributed by atoms with Crippen molar-refractivity contribution in [3.05, 3.63) is 75.3 Å². The monoisotopic (exact) mass is 578 g/mol. The molecule has 0 unspecified atom stereocenters. The molecule has 0 radical (unpaired) electrons. The predicted molar refractivity (Wildman–Crippen MR) is 177 cm³/mol. The van der Waals surface area contributed by atoms with E-state index < -0.39 is 0 Å². The predicted octanol–water partition coefficient (Wildman–Crippen LogP) is 10.8. The van der Waals surface area contributed by atoms with Crippen LogP contribution in [0.3, 0.4) is 0 Å². The number of phenols is 3. The fourth-order valence-electron chi connectivity index (χ4n) is 4.81. The van der Waals surface area contributed by atoms with Crippen LogP contribution in [0, 0.1) is 20.8 Å². The SMILES string of the molecule is Cc1cc(C(C)(C)C)c(O)c(C(C)(C)C)c1.Cc1cc(Sc2cc(C)c(O)c(C(C)(C)C)c2)cc(C(C)(C)C)c1O. The van der Waals surface area contributed by atoms with E-state index in [1.54, 1.807) is 11.8 Å². The minimum absolute atomic E-state index is 0.0178. The molecule has 0 saturated heterocycles. The zero-order valence-electron chi connectivity index (χ0n) is 28.2. The third-order valence-electron chi connectivity index (χ3n) is 7.27. The van der Waals surface area contributed by atoms with Gasteiger partial charge in [0.05, 0.1) is 0 Å². The van der Waals surface area contributed by atoms with Crippen LogP contribution in [0.5, 0.6) is 17.2 Å². The molecule has 0 amide bonds. The first-order valence-electron chi connectivity index (χ1n) is 14.5. The summed E-state index contributed by atoms with van der Waals surface area (Å²) in [7, 11) is 0. The van der Waals surface area contributed by atoms with Gasteiger partial charge in [0.15, 0.2) is 0 Å². The highest BCUT2D eigenvalue weighted by atomic mass is 32.2. The van der Waals surface area contributed by atoms with E-state index in [0.29, 0.717) is 17.2 Å². The van der Waals surface area contributed by atoms with E-state index in [9.17, 15) is 15.3 Å². The number of aromatic hydroxyl groups is 3. The van der Waals surface area contributed by atoms with Crippen molar-refractivity contribution in [2.75, 3.05) is 0 Å². The molecule has 0 bridgehead atoms. The van der Waals surface area contributed by atoms with Crippen molar-refractivity contribution in [3.8, 4) is 17.2 Å². The summed E-state index contributed by atoms with van der Waals surface area (Å²) in [4.78, 5) is 2.20. The lowest BCUT2D eigenvalue weighted by atomic mass is 9.78. The first-order chi connectivity index (χ1) is 18.3. The lowest BCUT2D eigenvalue weighted by Crippen LogP contribution is -2.17. The van der Waals surface area contributed by atoms with Gasteiger partial charge in [-0.3, -0.25) is 0 Å². The molecule has 0 atom stereocenters. The Morgan fingerprint density at radius 2 is 0.683 bits per heavy atom. The second kappa shape index (κ2) is 12.0. The summed E-state index contributed by atoms with van der Waals surface area (Å²) in [6, 6.07) is 12.4. The summed E-state index contributed by atoms with van der Waals surface area (Å²) in [6.45, 7) is 31.4. The van der Waals surface area contributed by atoms with E-state index in [1.807, 2.05) is 26.0 Å². The van der Waals surface area contributed by atoms with Crippen molar-refractivity contribution in [3.63, 3.8) is 0 Å². The van der Waals surface area contributed by atoms with E-state index in [4.69, 9.17) is 0 Å². The van der Waals surface area contributed by atoms with Crippen LogP contribution in [0.2, 0.25) is 0 Å². The highest BCUT2D eigenvalue weighted by molar-refractivity contribution is 7.99. The third kappa shape index (κ3) is 8.70. The van der Waals surface area contributed by atoms with Gasteiger partial charge in [-0.25, -0.2) is 0 Å². The second-order valence-corrected chi connectivity index (χ2v) is 16.7. The first-order valence-corrected chi connectivity index (χ1v) is 15.4. The molecule has 0 spiro atoms. The molecule has 0 aliphatic rings. The average molecular weight is 579 g/mol. The average Bonchev–Trinajstić information content (AvgIpc) is 2.77. The lowest BCUT2D eigenvalue weighted by molar-refractivity contribution is 0.423. The van der Waals surface area contributed by atoms with Gasteiger partial charge >= 0.3 is 0 Å². The quantitative estimate of drug-likeness (QED) is 0.283. The van der Waals surface area contributed by atoms with Gasteiger partial charge in [0.25, 0.3) is 0 Å². The van der Waals surface area contributed by atoms with E-state index >= 15 is 0 Å². The fraction of sp³-hybridized carbons (Fsp3) is 0.514. The maximum Gasteiger partial charge on any atom is 0.123 e. The van der Waals surface area contributed by atoms with Crippen LogP contribution >= 0.6 is 11.8 Å². The lowest BCUT2D eigenvalue weighted by Gasteiger charge is -2.27. The van der Waals surface area contributed by atoms with E-state index in [1.165, 1.54) is 5.56 Å². The van der Waals surface area contributed by atoms with Gasteiger partial charge in [0.2, 0.25) is 0 Å².